The van der Waals surface area contributed by atoms with E-state index in [2.05, 4.69) is 10.3 Å². The molecule has 1 unspecified atom stereocenters. The number of anilines is 1. The number of amides is 2. The summed E-state index contributed by atoms with van der Waals surface area (Å²) in [4.78, 5) is 29.7. The molecule has 28 heavy (non-hydrogen) atoms. The van der Waals surface area contributed by atoms with Crippen LogP contribution in [0.3, 0.4) is 0 Å². The van der Waals surface area contributed by atoms with Crippen molar-refractivity contribution >= 4 is 40.0 Å². The Morgan fingerprint density at radius 2 is 2.14 bits per heavy atom. The molecule has 0 aliphatic carbocycles. The summed E-state index contributed by atoms with van der Waals surface area (Å²) in [7, 11) is 0. The number of H-pyrrole nitrogens is 1. The molecule has 7 heteroatoms. The second-order valence-electron chi connectivity index (χ2n) is 6.86. The Hall–Kier alpha value is -2.86. The van der Waals surface area contributed by atoms with Gasteiger partial charge in [0.2, 0.25) is 11.8 Å². The van der Waals surface area contributed by atoms with E-state index in [-0.39, 0.29) is 11.8 Å². The summed E-state index contributed by atoms with van der Waals surface area (Å²) in [6.07, 6.45) is 2.95. The van der Waals surface area contributed by atoms with Gasteiger partial charge in [0.05, 0.1) is 0 Å². The van der Waals surface area contributed by atoms with Crippen molar-refractivity contribution in [2.45, 2.75) is 12.8 Å². The van der Waals surface area contributed by atoms with Gasteiger partial charge in [-0.05, 0) is 54.8 Å². The average molecular weight is 400 g/mol. The number of rotatable bonds is 5. The normalized spacial score (nSPS) is 16.7. The topological polar surface area (TPSA) is 65.2 Å². The number of aromatic amines is 1. The lowest BCUT2D eigenvalue weighted by atomic mass is 10.1. The Balaban J connectivity index is 1.36. The molecule has 5 nitrogen and oxygen atoms in total. The summed E-state index contributed by atoms with van der Waals surface area (Å²) in [5, 5.41) is 4.53. The summed E-state index contributed by atoms with van der Waals surface area (Å²) < 4.78 is 13.4. The molecule has 0 spiro atoms. The van der Waals surface area contributed by atoms with E-state index in [4.69, 9.17) is 11.6 Å². The smallest absolute Gasteiger partial charge is 0.239 e. The number of nitrogens with one attached hydrogen (secondary N) is 2. The zero-order chi connectivity index (χ0) is 19.7. The number of aromatic nitrogens is 1. The van der Waals surface area contributed by atoms with E-state index >= 15 is 0 Å². The van der Waals surface area contributed by atoms with Gasteiger partial charge in [-0.1, -0.05) is 17.7 Å². The van der Waals surface area contributed by atoms with Crippen molar-refractivity contribution in [1.82, 2.24) is 10.3 Å². The van der Waals surface area contributed by atoms with Gasteiger partial charge >= 0.3 is 0 Å². The molecular weight excluding hydrogens is 381 g/mol. The fourth-order valence-electron chi connectivity index (χ4n) is 3.62. The Kier molecular flexibility index (Phi) is 5.05. The van der Waals surface area contributed by atoms with Crippen molar-refractivity contribution in [3.63, 3.8) is 0 Å². The van der Waals surface area contributed by atoms with Crippen LogP contribution in [0.2, 0.25) is 5.02 Å². The largest absolute Gasteiger partial charge is 0.361 e. The lowest BCUT2D eigenvalue weighted by molar-refractivity contribution is -0.132. The second-order valence-corrected chi connectivity index (χ2v) is 7.29. The molecule has 1 aromatic heterocycles. The summed E-state index contributed by atoms with van der Waals surface area (Å²) >= 11 is 6.06. The van der Waals surface area contributed by atoms with E-state index in [1.54, 1.807) is 12.1 Å². The molecule has 1 fully saturated rings. The lowest BCUT2D eigenvalue weighted by Crippen LogP contribution is -2.37. The number of hydrogen-bond donors (Lipinski definition) is 2. The highest BCUT2D eigenvalue weighted by molar-refractivity contribution is 6.31. The summed E-state index contributed by atoms with van der Waals surface area (Å²) in [5.74, 6) is -1.72. The summed E-state index contributed by atoms with van der Waals surface area (Å²) in [6.45, 7) is 0.823. The quantitative estimate of drug-likeness (QED) is 0.643. The van der Waals surface area contributed by atoms with E-state index in [1.165, 1.54) is 17.0 Å². The molecule has 1 aliphatic rings. The minimum Gasteiger partial charge on any atom is -0.361 e. The lowest BCUT2D eigenvalue weighted by Gasteiger charge is -2.16. The molecule has 144 valence electrons. The van der Waals surface area contributed by atoms with Crippen LogP contribution in [0.4, 0.5) is 10.1 Å². The minimum atomic E-state index is -0.735. The number of fused-ring (bicyclic) bond motifs is 1. The average Bonchev–Trinajstić information content (AvgIpc) is 3.25. The molecule has 2 amide bonds. The molecule has 1 atom stereocenters. The highest BCUT2D eigenvalue weighted by Crippen LogP contribution is 2.26. The standard InChI is InChI=1S/C21H19ClFN3O2/c22-14-4-5-19-18(10-14)13(12-25-19)6-8-24-20(27)17-7-9-26(21(17)28)16-3-1-2-15(23)11-16/h1-5,10-12,17,25H,6-9H2,(H,24,27). The molecular formula is C21H19ClFN3O2. The predicted molar refractivity (Wildman–Crippen MR) is 107 cm³/mol. The van der Waals surface area contributed by atoms with Crippen molar-refractivity contribution in [1.29, 1.82) is 0 Å². The van der Waals surface area contributed by atoms with Crippen molar-refractivity contribution in [2.24, 2.45) is 5.92 Å². The number of halogens is 2. The van der Waals surface area contributed by atoms with E-state index in [0.717, 1.165) is 16.5 Å². The molecule has 2 N–H and O–H groups in total. The Bertz CT molecular complexity index is 1050. The van der Waals surface area contributed by atoms with E-state index in [1.807, 2.05) is 24.4 Å². The van der Waals surface area contributed by atoms with Gasteiger partial charge in [-0.2, -0.15) is 0 Å². The first-order valence-corrected chi connectivity index (χ1v) is 9.51. The molecule has 0 bridgehead atoms. The van der Waals surface area contributed by atoms with Crippen molar-refractivity contribution < 1.29 is 14.0 Å². The Morgan fingerprint density at radius 1 is 1.29 bits per heavy atom. The van der Waals surface area contributed by atoms with Crippen LogP contribution < -0.4 is 10.2 Å². The predicted octanol–water partition coefficient (Wildman–Crippen LogP) is 3.67. The molecule has 2 heterocycles. The van der Waals surface area contributed by atoms with Gasteiger partial charge in [0.15, 0.2) is 0 Å². The van der Waals surface area contributed by atoms with Gasteiger partial charge in [0.25, 0.3) is 0 Å². The minimum absolute atomic E-state index is 0.290. The zero-order valence-electron chi connectivity index (χ0n) is 15.0. The van der Waals surface area contributed by atoms with Crippen LogP contribution in [0, 0.1) is 11.7 Å². The molecule has 4 rings (SSSR count). The van der Waals surface area contributed by atoms with Crippen LogP contribution in [0.15, 0.2) is 48.7 Å². The first-order chi connectivity index (χ1) is 13.5. The second kappa shape index (κ2) is 7.64. The van der Waals surface area contributed by atoms with Crippen molar-refractivity contribution in [3.05, 3.63) is 65.1 Å². The first kappa shape index (κ1) is 18.5. The van der Waals surface area contributed by atoms with Gasteiger partial charge in [-0.25, -0.2) is 4.39 Å². The number of hydrogen-bond acceptors (Lipinski definition) is 2. The van der Waals surface area contributed by atoms with Gasteiger partial charge < -0.3 is 15.2 Å². The number of benzene rings is 2. The third-order valence-corrected chi connectivity index (χ3v) is 5.30. The third-order valence-electron chi connectivity index (χ3n) is 5.06. The van der Waals surface area contributed by atoms with Crippen LogP contribution in [-0.2, 0) is 16.0 Å². The van der Waals surface area contributed by atoms with Crippen LogP contribution in [0.1, 0.15) is 12.0 Å². The van der Waals surface area contributed by atoms with Gasteiger partial charge in [-0.3, -0.25) is 9.59 Å². The fourth-order valence-corrected chi connectivity index (χ4v) is 3.80. The van der Waals surface area contributed by atoms with Crippen LogP contribution >= 0.6 is 11.6 Å². The zero-order valence-corrected chi connectivity index (χ0v) is 15.8. The van der Waals surface area contributed by atoms with E-state index in [9.17, 15) is 14.0 Å². The van der Waals surface area contributed by atoms with E-state index < -0.39 is 11.7 Å². The summed E-state index contributed by atoms with van der Waals surface area (Å²) in [6, 6.07) is 11.5. The maximum absolute atomic E-state index is 13.4. The monoisotopic (exact) mass is 399 g/mol. The molecule has 1 saturated heterocycles. The molecule has 0 saturated carbocycles. The van der Waals surface area contributed by atoms with Crippen LogP contribution in [0.5, 0.6) is 0 Å². The maximum Gasteiger partial charge on any atom is 0.239 e. The molecule has 0 radical (unpaired) electrons. The SMILES string of the molecule is O=C(NCCc1c[nH]c2ccc(Cl)cc12)C1CCN(c2cccc(F)c2)C1=O. The third kappa shape index (κ3) is 3.60. The van der Waals surface area contributed by atoms with Gasteiger partial charge in [0.1, 0.15) is 11.7 Å². The maximum atomic E-state index is 13.4. The van der Waals surface area contributed by atoms with E-state index in [0.29, 0.717) is 36.6 Å². The Morgan fingerprint density at radius 3 is 2.96 bits per heavy atom. The highest BCUT2D eigenvalue weighted by Gasteiger charge is 2.37. The fraction of sp³-hybridized carbons (Fsp3) is 0.238. The van der Waals surface area contributed by atoms with Gasteiger partial charge in [0, 0.05) is 40.9 Å². The van der Waals surface area contributed by atoms with Crippen LogP contribution in [-0.4, -0.2) is 29.9 Å². The van der Waals surface area contributed by atoms with Crippen molar-refractivity contribution in [3.8, 4) is 0 Å². The van der Waals surface area contributed by atoms with Crippen molar-refractivity contribution in [2.75, 3.05) is 18.0 Å². The van der Waals surface area contributed by atoms with Gasteiger partial charge in [-0.15, -0.1) is 0 Å². The molecule has 3 aromatic rings. The number of nitrogens with zero attached hydrogens (tertiary/aromatic N) is 1. The number of carbonyl (C=O) groups excluding carboxylic acids is 2. The highest BCUT2D eigenvalue weighted by atomic mass is 35.5. The molecule has 2 aromatic carbocycles. The molecule has 1 aliphatic heterocycles. The number of carbonyl (C=O) groups is 2. The first-order valence-electron chi connectivity index (χ1n) is 9.13. The Labute approximate surface area is 166 Å². The van der Waals surface area contributed by atoms with Crippen LogP contribution in [0.25, 0.3) is 10.9 Å². The summed E-state index contributed by atoms with van der Waals surface area (Å²) in [5.41, 5.74) is 2.52.